The summed E-state index contributed by atoms with van der Waals surface area (Å²) in [6.45, 7) is 1.45. The van der Waals surface area contributed by atoms with Crippen LogP contribution in [0.1, 0.15) is 27.7 Å². The van der Waals surface area contributed by atoms with E-state index < -0.39 is 0 Å². The predicted molar refractivity (Wildman–Crippen MR) is 124 cm³/mol. The van der Waals surface area contributed by atoms with Gasteiger partial charge < -0.3 is 5.32 Å². The fourth-order valence-electron chi connectivity index (χ4n) is 3.48. The summed E-state index contributed by atoms with van der Waals surface area (Å²) in [7, 11) is 0. The predicted octanol–water partition coefficient (Wildman–Crippen LogP) is 6.27. The number of Topliss-reactive ketones (excluding diaryl/α,β-unsaturated/α-hetero) is 1. The van der Waals surface area contributed by atoms with E-state index in [0.717, 1.165) is 31.7 Å². The number of fused-ring (bicyclic) bond motifs is 1. The summed E-state index contributed by atoms with van der Waals surface area (Å²) in [6.07, 6.45) is 0.587. The number of carbonyl (C=O) groups is 2. The van der Waals surface area contributed by atoms with Crippen molar-refractivity contribution in [1.82, 2.24) is 5.32 Å². The molecule has 4 aromatic rings. The zero-order chi connectivity index (χ0) is 22.0. The fourth-order valence-corrected chi connectivity index (χ4v) is 4.95. The van der Waals surface area contributed by atoms with Crippen LogP contribution in [-0.2, 0) is 11.2 Å². The van der Waals surface area contributed by atoms with Gasteiger partial charge in [0, 0.05) is 26.6 Å². The molecule has 1 aromatic heterocycles. The highest BCUT2D eigenvalue weighted by Crippen LogP contribution is 2.36. The van der Waals surface area contributed by atoms with Crippen LogP contribution in [0.2, 0.25) is 5.02 Å². The third-order valence-corrected chi connectivity index (χ3v) is 6.23. The highest BCUT2D eigenvalue weighted by molar-refractivity contribution is 7.19. The molecule has 0 aliphatic heterocycles. The van der Waals surface area contributed by atoms with Crippen molar-refractivity contribution in [2.75, 3.05) is 6.54 Å². The van der Waals surface area contributed by atoms with Gasteiger partial charge in [0.2, 0.25) is 0 Å². The maximum Gasteiger partial charge on any atom is 0.251 e. The van der Waals surface area contributed by atoms with Crippen molar-refractivity contribution in [2.24, 2.45) is 0 Å². The van der Waals surface area contributed by atoms with E-state index >= 15 is 0 Å². The molecule has 0 saturated heterocycles. The Labute approximate surface area is 188 Å². The minimum atomic E-state index is -0.343. The summed E-state index contributed by atoms with van der Waals surface area (Å²) in [5, 5.41) is 4.10. The van der Waals surface area contributed by atoms with E-state index in [1.807, 2.05) is 36.4 Å². The molecule has 0 aliphatic rings. The van der Waals surface area contributed by atoms with Crippen LogP contribution in [0.15, 0.2) is 66.7 Å². The minimum absolute atomic E-state index is 0.0109. The highest BCUT2D eigenvalue weighted by atomic mass is 35.5. The van der Waals surface area contributed by atoms with Crippen LogP contribution < -0.4 is 5.32 Å². The highest BCUT2D eigenvalue weighted by Gasteiger charge is 2.12. The molecule has 156 valence electrons. The van der Waals surface area contributed by atoms with E-state index in [9.17, 15) is 14.0 Å². The molecular formula is C25H19ClFNO2S. The van der Waals surface area contributed by atoms with E-state index in [4.69, 9.17) is 11.6 Å². The third-order valence-electron chi connectivity index (χ3n) is 4.83. The molecule has 3 nitrogen and oxygen atoms in total. The number of thiophene rings is 1. The first kappa shape index (κ1) is 21.2. The van der Waals surface area contributed by atoms with Crippen molar-refractivity contribution in [3.63, 3.8) is 0 Å². The van der Waals surface area contributed by atoms with Crippen LogP contribution in [0.3, 0.4) is 0 Å². The first-order valence-electron chi connectivity index (χ1n) is 9.73. The summed E-state index contributed by atoms with van der Waals surface area (Å²) >= 11 is 7.64. The molecule has 6 heteroatoms. The largest absolute Gasteiger partial charge is 0.345 e. The molecule has 31 heavy (non-hydrogen) atoms. The van der Waals surface area contributed by atoms with Crippen molar-refractivity contribution in [3.8, 4) is 11.1 Å². The third kappa shape index (κ3) is 5.01. The average Bonchev–Trinajstić information content (AvgIpc) is 3.13. The van der Waals surface area contributed by atoms with Gasteiger partial charge >= 0.3 is 0 Å². The molecule has 0 unspecified atom stereocenters. The van der Waals surface area contributed by atoms with Crippen LogP contribution in [0, 0.1) is 5.82 Å². The Morgan fingerprint density at radius 2 is 1.84 bits per heavy atom. The summed E-state index contributed by atoms with van der Waals surface area (Å²) in [5.74, 6) is -0.719. The molecule has 1 amide bonds. The number of hydrogen-bond donors (Lipinski definition) is 1. The summed E-state index contributed by atoms with van der Waals surface area (Å²) in [5.41, 5.74) is 3.26. The van der Waals surface area contributed by atoms with E-state index in [-0.39, 0.29) is 24.1 Å². The maximum atomic E-state index is 13.7. The Kier molecular flexibility index (Phi) is 6.16. The first-order chi connectivity index (χ1) is 14.9. The number of amides is 1. The lowest BCUT2D eigenvalue weighted by Gasteiger charge is -2.07. The molecule has 3 aromatic carbocycles. The Bertz CT molecular complexity index is 1280. The zero-order valence-corrected chi connectivity index (χ0v) is 18.3. The van der Waals surface area contributed by atoms with Gasteiger partial charge in [-0.1, -0.05) is 41.9 Å². The van der Waals surface area contributed by atoms with Gasteiger partial charge in [0.15, 0.2) is 0 Å². The van der Waals surface area contributed by atoms with Gasteiger partial charge in [0.05, 0.1) is 6.54 Å². The second-order valence-electron chi connectivity index (χ2n) is 7.36. The number of benzene rings is 3. The second kappa shape index (κ2) is 9.00. The average molecular weight is 452 g/mol. The number of hydrogen-bond acceptors (Lipinski definition) is 3. The molecule has 0 aliphatic carbocycles. The molecule has 0 fully saturated rings. The fraction of sp³-hybridized carbons (Fsp3) is 0.120. The Morgan fingerprint density at radius 3 is 2.61 bits per heavy atom. The maximum absolute atomic E-state index is 13.7. The van der Waals surface area contributed by atoms with Gasteiger partial charge in [0.1, 0.15) is 11.6 Å². The van der Waals surface area contributed by atoms with E-state index in [1.54, 1.807) is 23.5 Å². The molecule has 0 radical (unpaired) electrons. The van der Waals surface area contributed by atoms with Crippen LogP contribution in [0.4, 0.5) is 4.39 Å². The molecule has 0 spiro atoms. The van der Waals surface area contributed by atoms with Crippen molar-refractivity contribution in [1.29, 1.82) is 0 Å². The Balaban J connectivity index is 1.66. The lowest BCUT2D eigenvalue weighted by atomic mass is 10.0. The molecule has 1 N–H and O–H groups in total. The van der Waals surface area contributed by atoms with Crippen LogP contribution in [0.5, 0.6) is 0 Å². The Hall–Kier alpha value is -3.02. The Morgan fingerprint density at radius 1 is 1.03 bits per heavy atom. The second-order valence-corrected chi connectivity index (χ2v) is 8.93. The van der Waals surface area contributed by atoms with Crippen molar-refractivity contribution >= 4 is 44.7 Å². The molecule has 0 bridgehead atoms. The van der Waals surface area contributed by atoms with Gasteiger partial charge in [-0.2, -0.15) is 0 Å². The van der Waals surface area contributed by atoms with Gasteiger partial charge in [0.25, 0.3) is 5.91 Å². The normalized spacial score (nSPS) is 10.9. The molecule has 0 saturated carbocycles. The smallest absolute Gasteiger partial charge is 0.251 e. The molecule has 0 atom stereocenters. The van der Waals surface area contributed by atoms with Gasteiger partial charge in [-0.05, 0) is 65.4 Å². The number of ketones is 1. The standard InChI is InChI=1S/C25H19ClFNO2S/c1-15(29)14-28-25(30)19-6-2-4-17(11-19)23-7-3-5-18-12-22(31-24(18)23)10-16-8-20(26)13-21(27)9-16/h2-9,11-13H,10,14H2,1H3,(H,28,30). The van der Waals surface area contributed by atoms with Crippen LogP contribution >= 0.6 is 22.9 Å². The molecule has 4 rings (SSSR count). The van der Waals surface area contributed by atoms with Gasteiger partial charge in [-0.25, -0.2) is 4.39 Å². The van der Waals surface area contributed by atoms with Crippen LogP contribution in [-0.4, -0.2) is 18.2 Å². The lowest BCUT2D eigenvalue weighted by Crippen LogP contribution is -2.28. The van der Waals surface area contributed by atoms with E-state index in [2.05, 4.69) is 11.4 Å². The molecular weight excluding hydrogens is 433 g/mol. The van der Waals surface area contributed by atoms with Crippen LogP contribution in [0.25, 0.3) is 21.2 Å². The van der Waals surface area contributed by atoms with Crippen molar-refractivity contribution in [3.05, 3.63) is 93.6 Å². The van der Waals surface area contributed by atoms with Gasteiger partial charge in [-0.3, -0.25) is 9.59 Å². The molecule has 1 heterocycles. The summed E-state index contributed by atoms with van der Waals surface area (Å²) < 4.78 is 14.8. The van der Waals surface area contributed by atoms with E-state index in [1.165, 1.54) is 19.1 Å². The van der Waals surface area contributed by atoms with Crippen molar-refractivity contribution < 1.29 is 14.0 Å². The zero-order valence-electron chi connectivity index (χ0n) is 16.7. The SMILES string of the molecule is CC(=O)CNC(=O)c1cccc(-c2cccc3cc(Cc4cc(F)cc(Cl)c4)sc23)c1. The van der Waals surface area contributed by atoms with Crippen molar-refractivity contribution in [2.45, 2.75) is 13.3 Å². The summed E-state index contributed by atoms with van der Waals surface area (Å²) in [4.78, 5) is 24.6. The van der Waals surface area contributed by atoms with Gasteiger partial charge in [-0.15, -0.1) is 11.3 Å². The van der Waals surface area contributed by atoms with E-state index in [0.29, 0.717) is 17.0 Å². The lowest BCUT2D eigenvalue weighted by molar-refractivity contribution is -0.116. The number of carbonyl (C=O) groups excluding carboxylic acids is 2. The monoisotopic (exact) mass is 451 g/mol. The summed E-state index contributed by atoms with van der Waals surface area (Å²) in [6, 6.07) is 20.1. The number of nitrogens with one attached hydrogen (secondary N) is 1. The first-order valence-corrected chi connectivity index (χ1v) is 10.9. The minimum Gasteiger partial charge on any atom is -0.345 e. The number of rotatable bonds is 6. The topological polar surface area (TPSA) is 46.2 Å². The quantitative estimate of drug-likeness (QED) is 0.375. The number of halogens is 2.